The maximum atomic E-state index is 15.1. The van der Waals surface area contributed by atoms with E-state index < -0.39 is 23.8 Å². The van der Waals surface area contributed by atoms with Gasteiger partial charge in [0.15, 0.2) is 17.5 Å². The van der Waals surface area contributed by atoms with Crippen LogP contribution in [-0.4, -0.2) is 64.5 Å². The highest BCUT2D eigenvalue weighted by molar-refractivity contribution is 7.09. The van der Waals surface area contributed by atoms with Gasteiger partial charge in [-0.25, -0.2) is 13.6 Å². The third-order valence-corrected chi connectivity index (χ3v) is 7.13. The number of aromatic nitrogens is 4. The minimum atomic E-state index is -0.751. The molecule has 0 bridgehead atoms. The molecule has 0 saturated carbocycles. The zero-order valence-electron chi connectivity index (χ0n) is 19.6. The smallest absolute Gasteiger partial charge is 0.414 e. The summed E-state index contributed by atoms with van der Waals surface area (Å²) in [6.07, 6.45) is 0.536. The SMILES string of the molecule is CC(=O)NC[C@H]1CN(c2cc(F)c(N3CCC(n4nnc(Cc5cccs5)n4)CC3)c(F)c2)C(=O)O1. The molecule has 10 nitrogen and oxygen atoms in total. The van der Waals surface area contributed by atoms with Crippen molar-refractivity contribution < 1.29 is 23.1 Å². The van der Waals surface area contributed by atoms with Crippen LogP contribution in [0.3, 0.4) is 0 Å². The Hall–Kier alpha value is -3.61. The highest BCUT2D eigenvalue weighted by Crippen LogP contribution is 2.33. The molecule has 190 valence electrons. The van der Waals surface area contributed by atoms with Crippen LogP contribution in [-0.2, 0) is 16.0 Å². The van der Waals surface area contributed by atoms with Crippen LogP contribution in [0.15, 0.2) is 29.6 Å². The maximum Gasteiger partial charge on any atom is 0.414 e. The van der Waals surface area contributed by atoms with Crippen molar-refractivity contribution in [1.29, 1.82) is 0 Å². The first-order valence-corrected chi connectivity index (χ1v) is 12.5. The van der Waals surface area contributed by atoms with Crippen molar-refractivity contribution in [2.45, 2.75) is 38.3 Å². The average Bonchev–Trinajstić information content (AvgIpc) is 3.60. The Balaban J connectivity index is 1.22. The number of cyclic esters (lactones) is 1. The average molecular weight is 518 g/mol. The predicted molar refractivity (Wildman–Crippen MR) is 128 cm³/mol. The van der Waals surface area contributed by atoms with Gasteiger partial charge in [0, 0.05) is 43.4 Å². The monoisotopic (exact) mass is 517 g/mol. The fourth-order valence-electron chi connectivity index (χ4n) is 4.48. The van der Waals surface area contributed by atoms with E-state index in [-0.39, 0.29) is 36.4 Å². The molecule has 1 atom stereocenters. The fourth-order valence-corrected chi connectivity index (χ4v) is 5.18. The summed E-state index contributed by atoms with van der Waals surface area (Å²) in [5, 5.41) is 17.4. The molecule has 2 aliphatic heterocycles. The molecule has 36 heavy (non-hydrogen) atoms. The Kier molecular flexibility index (Phi) is 6.81. The molecule has 1 aromatic carbocycles. The summed E-state index contributed by atoms with van der Waals surface area (Å²) in [6.45, 7) is 2.41. The number of carbonyl (C=O) groups excluding carboxylic acids is 2. The largest absolute Gasteiger partial charge is 0.442 e. The van der Waals surface area contributed by atoms with Crippen LogP contribution in [0.2, 0.25) is 0 Å². The molecule has 0 unspecified atom stereocenters. The van der Waals surface area contributed by atoms with E-state index in [0.29, 0.717) is 38.2 Å². The molecule has 2 aromatic heterocycles. The van der Waals surface area contributed by atoms with Crippen molar-refractivity contribution in [3.63, 3.8) is 0 Å². The van der Waals surface area contributed by atoms with Gasteiger partial charge in [-0.05, 0) is 29.5 Å². The second-order valence-corrected chi connectivity index (χ2v) is 9.84. The molecule has 2 saturated heterocycles. The molecular formula is C23H25F2N7O3S. The van der Waals surface area contributed by atoms with Crippen molar-refractivity contribution in [2.24, 2.45) is 0 Å². The number of tetrazole rings is 1. The first-order valence-electron chi connectivity index (χ1n) is 11.6. The molecule has 0 aliphatic carbocycles. The Bertz CT molecular complexity index is 1220. The lowest BCUT2D eigenvalue weighted by Gasteiger charge is -2.33. The minimum absolute atomic E-state index is 0.00357. The highest BCUT2D eigenvalue weighted by atomic mass is 32.1. The number of rotatable bonds is 7. The van der Waals surface area contributed by atoms with E-state index >= 15 is 8.78 Å². The van der Waals surface area contributed by atoms with Crippen LogP contribution in [0.4, 0.5) is 25.0 Å². The second-order valence-electron chi connectivity index (χ2n) is 8.81. The maximum absolute atomic E-state index is 15.1. The van der Waals surface area contributed by atoms with Gasteiger partial charge in [0.05, 0.1) is 24.8 Å². The lowest BCUT2D eigenvalue weighted by Crippen LogP contribution is -2.36. The first-order chi connectivity index (χ1) is 17.4. The molecule has 0 spiro atoms. The highest BCUT2D eigenvalue weighted by Gasteiger charge is 2.34. The van der Waals surface area contributed by atoms with Gasteiger partial charge in [0.2, 0.25) is 5.91 Å². The number of halogens is 2. The molecule has 1 N–H and O–H groups in total. The molecule has 5 rings (SSSR count). The van der Waals surface area contributed by atoms with Gasteiger partial charge >= 0.3 is 6.09 Å². The number of benzene rings is 1. The molecule has 2 fully saturated rings. The van der Waals surface area contributed by atoms with Gasteiger partial charge in [0.1, 0.15) is 11.8 Å². The number of ether oxygens (including phenoxy) is 1. The number of anilines is 2. The number of nitrogens with one attached hydrogen (secondary N) is 1. The molecule has 4 heterocycles. The molecule has 2 amide bonds. The Morgan fingerprint density at radius 3 is 2.67 bits per heavy atom. The molecular weight excluding hydrogens is 492 g/mol. The molecule has 0 radical (unpaired) electrons. The van der Waals surface area contributed by atoms with E-state index in [1.54, 1.807) is 21.0 Å². The van der Waals surface area contributed by atoms with Crippen molar-refractivity contribution in [3.8, 4) is 0 Å². The van der Waals surface area contributed by atoms with E-state index in [4.69, 9.17) is 4.74 Å². The van der Waals surface area contributed by atoms with Gasteiger partial charge in [0.25, 0.3) is 0 Å². The number of hydrogen-bond acceptors (Lipinski definition) is 8. The normalized spacial score (nSPS) is 18.5. The molecule has 3 aromatic rings. The van der Waals surface area contributed by atoms with E-state index in [2.05, 4.69) is 20.7 Å². The Morgan fingerprint density at radius 1 is 1.25 bits per heavy atom. The van der Waals surface area contributed by atoms with E-state index in [1.807, 2.05) is 17.5 Å². The van der Waals surface area contributed by atoms with Crippen molar-refractivity contribution in [1.82, 2.24) is 25.5 Å². The first kappa shape index (κ1) is 24.1. The zero-order valence-corrected chi connectivity index (χ0v) is 20.4. The minimum Gasteiger partial charge on any atom is -0.442 e. The number of piperidine rings is 1. The number of amides is 2. The summed E-state index contributed by atoms with van der Waals surface area (Å²) in [6, 6.07) is 6.28. The van der Waals surface area contributed by atoms with Crippen LogP contribution >= 0.6 is 11.3 Å². The van der Waals surface area contributed by atoms with Gasteiger partial charge in [-0.3, -0.25) is 9.69 Å². The Morgan fingerprint density at radius 2 is 2.00 bits per heavy atom. The van der Waals surface area contributed by atoms with Crippen LogP contribution in [0.1, 0.15) is 36.5 Å². The summed E-state index contributed by atoms with van der Waals surface area (Å²) in [4.78, 5) is 28.9. The number of thiophene rings is 1. The van der Waals surface area contributed by atoms with E-state index in [1.165, 1.54) is 11.8 Å². The molecule has 13 heteroatoms. The molecule has 2 aliphatic rings. The van der Waals surface area contributed by atoms with Crippen LogP contribution in [0.25, 0.3) is 0 Å². The van der Waals surface area contributed by atoms with Crippen molar-refractivity contribution in [2.75, 3.05) is 36.0 Å². The summed E-state index contributed by atoms with van der Waals surface area (Å²) in [5.74, 6) is -1.11. The summed E-state index contributed by atoms with van der Waals surface area (Å²) >= 11 is 1.64. The third kappa shape index (κ3) is 5.15. The lowest BCUT2D eigenvalue weighted by molar-refractivity contribution is -0.119. The van der Waals surface area contributed by atoms with Crippen LogP contribution in [0.5, 0.6) is 0 Å². The summed E-state index contributed by atoms with van der Waals surface area (Å²) in [5.41, 5.74) is -0.0476. The van der Waals surface area contributed by atoms with Gasteiger partial charge in [-0.1, -0.05) is 6.07 Å². The zero-order chi connectivity index (χ0) is 25.2. The van der Waals surface area contributed by atoms with Crippen molar-refractivity contribution >= 4 is 34.7 Å². The summed E-state index contributed by atoms with van der Waals surface area (Å²) < 4.78 is 35.3. The van der Waals surface area contributed by atoms with Crippen molar-refractivity contribution in [3.05, 3.63) is 52.0 Å². The van der Waals surface area contributed by atoms with Gasteiger partial charge in [-0.2, -0.15) is 4.80 Å². The van der Waals surface area contributed by atoms with Gasteiger partial charge in [-0.15, -0.1) is 21.5 Å². The summed E-state index contributed by atoms with van der Waals surface area (Å²) in [7, 11) is 0. The third-order valence-electron chi connectivity index (χ3n) is 6.26. The number of carbonyl (C=O) groups is 2. The van der Waals surface area contributed by atoms with Crippen LogP contribution in [0, 0.1) is 11.6 Å². The fraction of sp³-hybridized carbons (Fsp3) is 0.435. The lowest BCUT2D eigenvalue weighted by atomic mass is 10.0. The van der Waals surface area contributed by atoms with Crippen LogP contribution < -0.4 is 15.1 Å². The number of hydrogen-bond donors (Lipinski definition) is 1. The number of nitrogens with zero attached hydrogens (tertiary/aromatic N) is 6. The van der Waals surface area contributed by atoms with E-state index in [0.717, 1.165) is 17.0 Å². The van der Waals surface area contributed by atoms with Gasteiger partial charge < -0.3 is 15.0 Å². The Labute approximate surface area is 209 Å². The quantitative estimate of drug-likeness (QED) is 0.514. The topological polar surface area (TPSA) is 105 Å². The van der Waals surface area contributed by atoms with E-state index in [9.17, 15) is 9.59 Å². The standard InChI is InChI=1S/C23H25F2N7O3S/c1-14(33)26-12-17-13-31(23(34)35-17)16-9-19(24)22(20(25)10-16)30-6-4-15(5-7-30)32-28-21(27-29-32)11-18-3-2-8-36-18/h2-3,8-10,15,17H,4-7,11-13H2,1H3,(H,26,33)/t17-/m0/s1. The second kappa shape index (κ2) is 10.2. The predicted octanol–water partition coefficient (Wildman–Crippen LogP) is 2.91.